The number of benzene rings is 1. The smallest absolute Gasteiger partial charge is 0.220 e. The topological polar surface area (TPSA) is 58.6 Å². The third-order valence-electron chi connectivity index (χ3n) is 3.17. The third kappa shape index (κ3) is 5.80. The van der Waals surface area contributed by atoms with Crippen LogP contribution in [-0.2, 0) is 4.79 Å². The molecule has 0 bridgehead atoms. The van der Waals surface area contributed by atoms with Gasteiger partial charge >= 0.3 is 0 Å². The number of ether oxygens (including phenoxy) is 1. The SMILES string of the molecule is CC(CO)C(C)NC(=O)CCCOc1ccccc1Cl. The van der Waals surface area contributed by atoms with Crippen LogP contribution in [0.1, 0.15) is 26.7 Å². The van der Waals surface area contributed by atoms with Crippen LogP contribution in [0.2, 0.25) is 5.02 Å². The Morgan fingerprint density at radius 1 is 1.40 bits per heavy atom. The minimum atomic E-state index is -0.0306. The number of para-hydroxylation sites is 1. The van der Waals surface area contributed by atoms with Gasteiger partial charge in [0, 0.05) is 19.1 Å². The Labute approximate surface area is 125 Å². The molecule has 20 heavy (non-hydrogen) atoms. The van der Waals surface area contributed by atoms with Gasteiger partial charge in [-0.25, -0.2) is 0 Å². The van der Waals surface area contributed by atoms with Crippen molar-refractivity contribution in [1.29, 1.82) is 0 Å². The normalized spacial score (nSPS) is 13.6. The average Bonchev–Trinajstić information content (AvgIpc) is 2.44. The van der Waals surface area contributed by atoms with Gasteiger partial charge in [0.1, 0.15) is 5.75 Å². The van der Waals surface area contributed by atoms with Crippen molar-refractivity contribution in [2.45, 2.75) is 32.7 Å². The van der Waals surface area contributed by atoms with Gasteiger partial charge in [0.2, 0.25) is 5.91 Å². The molecule has 0 radical (unpaired) electrons. The molecule has 112 valence electrons. The van der Waals surface area contributed by atoms with E-state index in [1.807, 2.05) is 26.0 Å². The number of aliphatic hydroxyl groups is 1. The lowest BCUT2D eigenvalue weighted by atomic mass is 10.1. The summed E-state index contributed by atoms with van der Waals surface area (Å²) in [7, 11) is 0. The highest BCUT2D eigenvalue weighted by molar-refractivity contribution is 6.32. The minimum Gasteiger partial charge on any atom is -0.492 e. The number of aliphatic hydroxyl groups excluding tert-OH is 1. The van der Waals surface area contributed by atoms with Crippen molar-refractivity contribution in [3.8, 4) is 5.75 Å². The molecule has 1 amide bonds. The Hall–Kier alpha value is -1.26. The minimum absolute atomic E-state index is 0.0273. The van der Waals surface area contributed by atoms with Gasteiger partial charge in [0.15, 0.2) is 0 Å². The highest BCUT2D eigenvalue weighted by Gasteiger charge is 2.13. The van der Waals surface area contributed by atoms with E-state index in [2.05, 4.69) is 5.32 Å². The molecule has 0 aliphatic rings. The number of nitrogens with one attached hydrogen (secondary N) is 1. The molecule has 4 nitrogen and oxygen atoms in total. The first kappa shape index (κ1) is 16.8. The maximum absolute atomic E-state index is 11.7. The van der Waals surface area contributed by atoms with Gasteiger partial charge in [0.25, 0.3) is 0 Å². The predicted octanol–water partition coefficient (Wildman–Crippen LogP) is 2.63. The number of hydrogen-bond donors (Lipinski definition) is 2. The summed E-state index contributed by atoms with van der Waals surface area (Å²) in [5.41, 5.74) is 0. The Bertz CT molecular complexity index is 425. The molecular formula is C15H22ClNO3. The Kier molecular flexibility index (Phi) is 7.41. The van der Waals surface area contributed by atoms with E-state index in [4.69, 9.17) is 21.4 Å². The van der Waals surface area contributed by atoms with Crippen molar-refractivity contribution >= 4 is 17.5 Å². The van der Waals surface area contributed by atoms with E-state index in [1.165, 1.54) is 0 Å². The van der Waals surface area contributed by atoms with Crippen LogP contribution in [0.3, 0.4) is 0 Å². The summed E-state index contributed by atoms with van der Waals surface area (Å²) in [6, 6.07) is 7.23. The van der Waals surface area contributed by atoms with Crippen LogP contribution in [0, 0.1) is 5.92 Å². The van der Waals surface area contributed by atoms with Crippen molar-refractivity contribution in [3.05, 3.63) is 29.3 Å². The molecule has 0 spiro atoms. The maximum atomic E-state index is 11.7. The molecule has 2 atom stereocenters. The van der Waals surface area contributed by atoms with E-state index in [-0.39, 0.29) is 24.5 Å². The molecule has 2 unspecified atom stereocenters. The highest BCUT2D eigenvalue weighted by atomic mass is 35.5. The number of carbonyl (C=O) groups is 1. The fraction of sp³-hybridized carbons (Fsp3) is 0.533. The van der Waals surface area contributed by atoms with Crippen LogP contribution in [0.5, 0.6) is 5.75 Å². The molecule has 0 aliphatic carbocycles. The van der Waals surface area contributed by atoms with Crippen molar-refractivity contribution < 1.29 is 14.6 Å². The lowest BCUT2D eigenvalue weighted by molar-refractivity contribution is -0.122. The molecule has 0 saturated carbocycles. The second-order valence-corrected chi connectivity index (χ2v) is 5.31. The van der Waals surface area contributed by atoms with Gasteiger partial charge in [-0.05, 0) is 31.4 Å². The molecule has 2 N–H and O–H groups in total. The Balaban J connectivity index is 2.21. The van der Waals surface area contributed by atoms with Crippen LogP contribution < -0.4 is 10.1 Å². The summed E-state index contributed by atoms with van der Waals surface area (Å²) >= 11 is 5.96. The van der Waals surface area contributed by atoms with Gasteiger partial charge in [-0.2, -0.15) is 0 Å². The zero-order chi connectivity index (χ0) is 15.0. The largest absolute Gasteiger partial charge is 0.492 e. The van der Waals surface area contributed by atoms with E-state index >= 15 is 0 Å². The lowest BCUT2D eigenvalue weighted by Gasteiger charge is -2.19. The summed E-state index contributed by atoms with van der Waals surface area (Å²) < 4.78 is 5.51. The van der Waals surface area contributed by atoms with Gasteiger partial charge in [-0.3, -0.25) is 4.79 Å². The number of halogens is 1. The highest BCUT2D eigenvalue weighted by Crippen LogP contribution is 2.23. The first-order valence-electron chi connectivity index (χ1n) is 6.82. The van der Waals surface area contributed by atoms with Gasteiger partial charge in [-0.15, -0.1) is 0 Å². The summed E-state index contributed by atoms with van der Waals surface area (Å²) in [6.45, 7) is 4.29. The van der Waals surface area contributed by atoms with Crippen molar-refractivity contribution in [2.75, 3.05) is 13.2 Å². The first-order valence-corrected chi connectivity index (χ1v) is 7.20. The monoisotopic (exact) mass is 299 g/mol. The Morgan fingerprint density at radius 2 is 2.10 bits per heavy atom. The zero-order valence-electron chi connectivity index (χ0n) is 11.9. The van der Waals surface area contributed by atoms with Crippen LogP contribution in [0.4, 0.5) is 0 Å². The van der Waals surface area contributed by atoms with E-state index < -0.39 is 0 Å². The molecular weight excluding hydrogens is 278 g/mol. The molecule has 0 aromatic heterocycles. The molecule has 0 fully saturated rings. The van der Waals surface area contributed by atoms with Crippen LogP contribution in [-0.4, -0.2) is 30.3 Å². The van der Waals surface area contributed by atoms with Crippen molar-refractivity contribution in [3.63, 3.8) is 0 Å². The Morgan fingerprint density at radius 3 is 2.75 bits per heavy atom. The van der Waals surface area contributed by atoms with E-state index in [9.17, 15) is 4.79 Å². The van der Waals surface area contributed by atoms with E-state index in [0.717, 1.165) is 0 Å². The number of rotatable bonds is 8. The average molecular weight is 300 g/mol. The standard InChI is InChI=1S/C15H22ClNO3/c1-11(10-18)12(2)17-15(19)8-5-9-20-14-7-4-3-6-13(14)16/h3-4,6-7,11-12,18H,5,8-10H2,1-2H3,(H,17,19). The number of hydrogen-bond acceptors (Lipinski definition) is 3. The van der Waals surface area contributed by atoms with Gasteiger partial charge < -0.3 is 15.2 Å². The summed E-state index contributed by atoms with van der Waals surface area (Å²) in [4.78, 5) is 11.7. The molecule has 0 heterocycles. The molecule has 5 heteroatoms. The van der Waals surface area contributed by atoms with Gasteiger partial charge in [-0.1, -0.05) is 30.7 Å². The molecule has 1 rings (SSSR count). The first-order chi connectivity index (χ1) is 9.54. The maximum Gasteiger partial charge on any atom is 0.220 e. The molecule has 0 aliphatic heterocycles. The fourth-order valence-electron chi connectivity index (χ4n) is 1.60. The second-order valence-electron chi connectivity index (χ2n) is 4.90. The summed E-state index contributed by atoms with van der Waals surface area (Å²) in [5.74, 6) is 0.663. The molecule has 0 saturated heterocycles. The lowest BCUT2D eigenvalue weighted by Crippen LogP contribution is -2.38. The van der Waals surface area contributed by atoms with E-state index in [0.29, 0.717) is 30.2 Å². The summed E-state index contributed by atoms with van der Waals surface area (Å²) in [6.07, 6.45) is 1.02. The number of amides is 1. The fourth-order valence-corrected chi connectivity index (χ4v) is 1.79. The second kappa shape index (κ2) is 8.82. The van der Waals surface area contributed by atoms with Crippen LogP contribution in [0.25, 0.3) is 0 Å². The summed E-state index contributed by atoms with van der Waals surface area (Å²) in [5, 5.41) is 12.4. The molecule has 1 aromatic carbocycles. The van der Waals surface area contributed by atoms with Crippen molar-refractivity contribution in [2.24, 2.45) is 5.92 Å². The van der Waals surface area contributed by atoms with Crippen molar-refractivity contribution in [1.82, 2.24) is 5.32 Å². The quantitative estimate of drug-likeness (QED) is 0.726. The third-order valence-corrected chi connectivity index (χ3v) is 3.48. The van der Waals surface area contributed by atoms with Gasteiger partial charge in [0.05, 0.1) is 11.6 Å². The zero-order valence-corrected chi connectivity index (χ0v) is 12.7. The molecule has 1 aromatic rings. The number of carbonyl (C=O) groups excluding carboxylic acids is 1. The van der Waals surface area contributed by atoms with Crippen LogP contribution in [0.15, 0.2) is 24.3 Å². The van der Waals surface area contributed by atoms with Crippen LogP contribution >= 0.6 is 11.6 Å². The van der Waals surface area contributed by atoms with E-state index in [1.54, 1.807) is 12.1 Å². The predicted molar refractivity (Wildman–Crippen MR) is 80.0 cm³/mol.